The van der Waals surface area contributed by atoms with E-state index in [1.165, 1.54) is 4.88 Å². The zero-order valence-corrected chi connectivity index (χ0v) is 14.2. The van der Waals surface area contributed by atoms with Crippen molar-refractivity contribution in [3.8, 4) is 6.07 Å². The number of aromatic nitrogens is 1. The molecule has 1 N–H and O–H groups in total. The van der Waals surface area contributed by atoms with Crippen molar-refractivity contribution < 1.29 is 9.36 Å². The first-order valence-corrected chi connectivity index (χ1v) is 8.69. The monoisotopic (exact) mass is 326 g/mol. The van der Waals surface area contributed by atoms with Crippen LogP contribution in [0.5, 0.6) is 0 Å². The Morgan fingerprint density at radius 3 is 3.09 bits per heavy atom. The number of carbonyl (C=O) groups is 1. The summed E-state index contributed by atoms with van der Waals surface area (Å²) in [7, 11) is 0. The fourth-order valence-electron chi connectivity index (χ4n) is 3.02. The molecule has 1 aliphatic carbocycles. The second-order valence-electron chi connectivity index (χ2n) is 6.19. The third-order valence-electron chi connectivity index (χ3n) is 4.36. The molecule has 0 bridgehead atoms. The average Bonchev–Trinajstić information content (AvgIpc) is 2.85. The van der Waals surface area contributed by atoms with Crippen LogP contribution in [0.1, 0.15) is 35.0 Å². The van der Waals surface area contributed by atoms with Crippen molar-refractivity contribution in [3.63, 3.8) is 0 Å². The van der Waals surface area contributed by atoms with Gasteiger partial charge in [0.2, 0.25) is 6.54 Å². The lowest BCUT2D eigenvalue weighted by Gasteiger charge is -2.17. The van der Waals surface area contributed by atoms with Crippen molar-refractivity contribution in [3.05, 3.63) is 46.1 Å². The first kappa shape index (κ1) is 15.7. The molecule has 0 radical (unpaired) electrons. The SMILES string of the molecule is Cc1cccc[n+]1CC(=O)Nc1sc2c(c1C#N)CC[C@H](C)C2. The minimum Gasteiger partial charge on any atom is -0.311 e. The summed E-state index contributed by atoms with van der Waals surface area (Å²) in [5.41, 5.74) is 2.84. The molecule has 23 heavy (non-hydrogen) atoms. The summed E-state index contributed by atoms with van der Waals surface area (Å²) in [6.45, 7) is 4.47. The highest BCUT2D eigenvalue weighted by atomic mass is 32.1. The van der Waals surface area contributed by atoms with Crippen molar-refractivity contribution in [2.24, 2.45) is 5.92 Å². The molecular formula is C18H20N3OS+. The van der Waals surface area contributed by atoms with Gasteiger partial charge in [0.05, 0.1) is 5.56 Å². The van der Waals surface area contributed by atoms with Crippen LogP contribution in [0.3, 0.4) is 0 Å². The normalized spacial score (nSPS) is 16.5. The molecule has 1 amide bonds. The van der Waals surface area contributed by atoms with E-state index in [4.69, 9.17) is 0 Å². The largest absolute Gasteiger partial charge is 0.311 e. The average molecular weight is 326 g/mol. The lowest BCUT2D eigenvalue weighted by atomic mass is 9.89. The molecule has 1 atom stereocenters. The lowest BCUT2D eigenvalue weighted by molar-refractivity contribution is -0.690. The molecule has 2 aromatic heterocycles. The Bertz CT molecular complexity index is 788. The summed E-state index contributed by atoms with van der Waals surface area (Å²) in [6.07, 6.45) is 4.96. The van der Waals surface area contributed by atoms with Gasteiger partial charge in [-0.1, -0.05) is 13.0 Å². The Balaban J connectivity index is 1.79. The van der Waals surface area contributed by atoms with Crippen molar-refractivity contribution in [2.45, 2.75) is 39.7 Å². The van der Waals surface area contributed by atoms with E-state index in [0.717, 1.165) is 30.5 Å². The summed E-state index contributed by atoms with van der Waals surface area (Å²) >= 11 is 1.57. The van der Waals surface area contributed by atoms with Crippen LogP contribution in [-0.2, 0) is 24.2 Å². The standard InChI is InChI=1S/C18H19N3OS/c1-12-6-7-14-15(10-19)18(23-16(14)9-12)20-17(22)11-21-8-4-3-5-13(21)2/h3-5,8,12H,6-7,9,11H2,1-2H3/p+1/t12-/m0/s1. The van der Waals surface area contributed by atoms with E-state index in [1.54, 1.807) is 11.3 Å². The van der Waals surface area contributed by atoms with Gasteiger partial charge in [-0.15, -0.1) is 11.3 Å². The van der Waals surface area contributed by atoms with Crippen LogP contribution in [0.2, 0.25) is 0 Å². The molecule has 0 spiro atoms. The van der Waals surface area contributed by atoms with E-state index in [0.29, 0.717) is 16.5 Å². The number of amides is 1. The maximum Gasteiger partial charge on any atom is 0.290 e. The minimum atomic E-state index is -0.0903. The molecule has 0 aromatic carbocycles. The van der Waals surface area contributed by atoms with E-state index in [2.05, 4.69) is 18.3 Å². The van der Waals surface area contributed by atoms with Crippen LogP contribution in [-0.4, -0.2) is 5.91 Å². The molecular weight excluding hydrogens is 306 g/mol. The number of carbonyl (C=O) groups excluding carboxylic acids is 1. The quantitative estimate of drug-likeness (QED) is 0.882. The van der Waals surface area contributed by atoms with E-state index in [9.17, 15) is 10.1 Å². The van der Waals surface area contributed by atoms with Gasteiger partial charge in [-0.05, 0) is 30.7 Å². The topological polar surface area (TPSA) is 56.8 Å². The predicted octanol–water partition coefficient (Wildman–Crippen LogP) is 2.98. The van der Waals surface area contributed by atoms with Crippen molar-refractivity contribution in [1.29, 1.82) is 5.26 Å². The molecule has 3 rings (SSSR count). The molecule has 4 nitrogen and oxygen atoms in total. The van der Waals surface area contributed by atoms with E-state index in [1.807, 2.05) is 35.9 Å². The number of hydrogen-bond acceptors (Lipinski definition) is 3. The highest BCUT2D eigenvalue weighted by Crippen LogP contribution is 2.39. The first-order chi connectivity index (χ1) is 11.1. The second kappa shape index (κ2) is 6.51. The molecule has 0 saturated heterocycles. The fourth-order valence-corrected chi connectivity index (χ4v) is 4.39. The fraction of sp³-hybridized carbons (Fsp3) is 0.389. The second-order valence-corrected chi connectivity index (χ2v) is 7.29. The first-order valence-electron chi connectivity index (χ1n) is 7.88. The van der Waals surface area contributed by atoms with Crippen molar-refractivity contribution in [2.75, 3.05) is 5.32 Å². The Hall–Kier alpha value is -2.19. The van der Waals surface area contributed by atoms with Crippen LogP contribution in [0.15, 0.2) is 24.4 Å². The summed E-state index contributed by atoms with van der Waals surface area (Å²) in [5, 5.41) is 13.1. The van der Waals surface area contributed by atoms with Gasteiger partial charge in [-0.3, -0.25) is 4.79 Å². The smallest absolute Gasteiger partial charge is 0.290 e. The van der Waals surface area contributed by atoms with Gasteiger partial charge in [0.25, 0.3) is 5.91 Å². The molecule has 0 aliphatic heterocycles. The number of thiophene rings is 1. The Morgan fingerprint density at radius 1 is 1.52 bits per heavy atom. The van der Waals surface area contributed by atoms with Crippen LogP contribution in [0.4, 0.5) is 5.00 Å². The van der Waals surface area contributed by atoms with Crippen molar-refractivity contribution in [1.82, 2.24) is 0 Å². The minimum absolute atomic E-state index is 0.0903. The molecule has 0 unspecified atom stereocenters. The van der Waals surface area contributed by atoms with E-state index in [-0.39, 0.29) is 12.5 Å². The Kier molecular flexibility index (Phi) is 4.44. The summed E-state index contributed by atoms with van der Waals surface area (Å²) < 4.78 is 1.90. The number of fused-ring (bicyclic) bond motifs is 1. The number of hydrogen-bond donors (Lipinski definition) is 1. The van der Waals surface area contributed by atoms with Gasteiger partial charge in [-0.2, -0.15) is 9.83 Å². The number of aryl methyl sites for hydroxylation is 1. The molecule has 2 aromatic rings. The maximum absolute atomic E-state index is 12.3. The summed E-state index contributed by atoms with van der Waals surface area (Å²) in [6, 6.07) is 8.12. The van der Waals surface area contributed by atoms with Gasteiger partial charge >= 0.3 is 0 Å². The van der Waals surface area contributed by atoms with Gasteiger partial charge < -0.3 is 5.32 Å². The number of nitrogens with one attached hydrogen (secondary N) is 1. The Morgan fingerprint density at radius 2 is 2.35 bits per heavy atom. The molecule has 1 aliphatic rings. The third kappa shape index (κ3) is 3.27. The van der Waals surface area contributed by atoms with Gasteiger partial charge in [0, 0.05) is 23.9 Å². The van der Waals surface area contributed by atoms with Crippen molar-refractivity contribution >= 4 is 22.2 Å². The molecule has 0 saturated carbocycles. The van der Waals surface area contributed by atoms with E-state index >= 15 is 0 Å². The van der Waals surface area contributed by atoms with Crippen LogP contribution in [0.25, 0.3) is 0 Å². The van der Waals surface area contributed by atoms with Crippen LogP contribution >= 0.6 is 11.3 Å². The lowest BCUT2D eigenvalue weighted by Crippen LogP contribution is -2.42. The predicted molar refractivity (Wildman–Crippen MR) is 90.2 cm³/mol. The van der Waals surface area contributed by atoms with Gasteiger partial charge in [0.1, 0.15) is 11.1 Å². The third-order valence-corrected chi connectivity index (χ3v) is 5.53. The van der Waals surface area contributed by atoms with E-state index < -0.39 is 0 Å². The van der Waals surface area contributed by atoms with Crippen LogP contribution in [0, 0.1) is 24.2 Å². The zero-order valence-electron chi connectivity index (χ0n) is 13.4. The summed E-state index contributed by atoms with van der Waals surface area (Å²) in [4.78, 5) is 13.6. The molecule has 118 valence electrons. The highest BCUT2D eigenvalue weighted by molar-refractivity contribution is 7.16. The molecule has 5 heteroatoms. The van der Waals surface area contributed by atoms with Gasteiger partial charge in [-0.25, -0.2) is 0 Å². The molecule has 0 fully saturated rings. The number of rotatable bonds is 3. The van der Waals surface area contributed by atoms with Crippen LogP contribution < -0.4 is 9.88 Å². The summed E-state index contributed by atoms with van der Waals surface area (Å²) in [5.74, 6) is 0.561. The number of nitriles is 1. The number of pyridine rings is 1. The Labute approximate surface area is 140 Å². The number of anilines is 1. The van der Waals surface area contributed by atoms with Gasteiger partial charge in [0.15, 0.2) is 11.9 Å². The number of nitrogens with zero attached hydrogens (tertiary/aromatic N) is 2. The maximum atomic E-state index is 12.3. The highest BCUT2D eigenvalue weighted by Gasteiger charge is 2.25. The molecule has 2 heterocycles. The zero-order chi connectivity index (χ0) is 16.4.